The second kappa shape index (κ2) is 4.11. The number of halogens is 1. The number of allylic oxidation sites excluding steroid dienone is 2. The molecule has 1 atom stereocenters. The Kier molecular flexibility index (Phi) is 2.29. The number of nitrogens with two attached hydrogens (primary N) is 1. The molecule has 3 nitrogen and oxygen atoms in total. The van der Waals surface area contributed by atoms with Crippen molar-refractivity contribution in [1.82, 2.24) is 0 Å². The quantitative estimate of drug-likeness (QED) is 0.717. The summed E-state index contributed by atoms with van der Waals surface area (Å²) < 4.78 is 1.09. The number of nitrogens with one attached hydrogen (secondary N) is 1. The zero-order chi connectivity index (χ0) is 14.8. The summed E-state index contributed by atoms with van der Waals surface area (Å²) in [6, 6.07) is 12.7. The smallest absolute Gasteiger partial charge is 0.229 e. The highest BCUT2D eigenvalue weighted by molar-refractivity contribution is 9.10. The molecule has 106 valence electrons. The Hall–Kier alpha value is -2.33. The van der Waals surface area contributed by atoms with Gasteiger partial charge in [0.05, 0.1) is 11.4 Å². The van der Waals surface area contributed by atoms with Gasteiger partial charge in [0.1, 0.15) is 11.7 Å². The summed E-state index contributed by atoms with van der Waals surface area (Å²) >= 11 is 3.59. The molecular weight excluding hydrogens is 338 g/mol. The van der Waals surface area contributed by atoms with E-state index in [2.05, 4.69) is 68.3 Å². The van der Waals surface area contributed by atoms with Crippen LogP contribution in [0.5, 0.6) is 0 Å². The lowest BCUT2D eigenvalue weighted by Crippen LogP contribution is -2.73. The van der Waals surface area contributed by atoms with Crippen LogP contribution in [0.25, 0.3) is 5.57 Å². The van der Waals surface area contributed by atoms with E-state index in [1.165, 1.54) is 22.5 Å². The van der Waals surface area contributed by atoms with E-state index < -0.39 is 0 Å². The molecule has 2 aliphatic heterocycles. The minimum atomic E-state index is 0.187. The van der Waals surface area contributed by atoms with Gasteiger partial charge in [-0.3, -0.25) is 0 Å². The highest BCUT2D eigenvalue weighted by Gasteiger charge is 2.45. The summed E-state index contributed by atoms with van der Waals surface area (Å²) in [4.78, 5) is 5.90. The lowest BCUT2D eigenvalue weighted by atomic mass is 9.93. The second-order valence-corrected chi connectivity index (χ2v) is 6.65. The number of rotatable bonds is 0. The molecule has 0 amide bonds. The Morgan fingerprint density at radius 2 is 2.09 bits per heavy atom. The molecule has 0 spiro atoms. The van der Waals surface area contributed by atoms with E-state index in [-0.39, 0.29) is 6.04 Å². The highest BCUT2D eigenvalue weighted by Crippen LogP contribution is 2.50. The number of hydrogen-bond donors (Lipinski definition) is 2. The molecule has 0 aromatic heterocycles. The molecule has 0 bridgehead atoms. The van der Waals surface area contributed by atoms with Gasteiger partial charge in [0.25, 0.3) is 0 Å². The van der Waals surface area contributed by atoms with Gasteiger partial charge in [-0.15, -0.1) is 0 Å². The summed E-state index contributed by atoms with van der Waals surface area (Å²) in [5.74, 6) is 0. The molecule has 4 heteroatoms. The first kappa shape index (κ1) is 12.2. The molecule has 2 heterocycles. The summed E-state index contributed by atoms with van der Waals surface area (Å²) in [6.45, 7) is 0. The van der Waals surface area contributed by atoms with Gasteiger partial charge in [0.2, 0.25) is 11.4 Å². The Labute approximate surface area is 136 Å². The van der Waals surface area contributed by atoms with Gasteiger partial charge in [0, 0.05) is 22.2 Å². The predicted molar refractivity (Wildman–Crippen MR) is 93.7 cm³/mol. The van der Waals surface area contributed by atoms with Crippen molar-refractivity contribution in [2.24, 2.45) is 0 Å². The van der Waals surface area contributed by atoms with Crippen molar-refractivity contribution >= 4 is 50.0 Å². The minimum Gasteiger partial charge on any atom is -0.397 e. The molecule has 0 fully saturated rings. The lowest BCUT2D eigenvalue weighted by Gasteiger charge is -2.30. The third kappa shape index (κ3) is 1.43. The first-order chi connectivity index (χ1) is 10.7. The Morgan fingerprint density at radius 1 is 1.18 bits per heavy atom. The van der Waals surface area contributed by atoms with Crippen LogP contribution in [0.2, 0.25) is 0 Å². The number of para-hydroxylation sites is 1. The van der Waals surface area contributed by atoms with Gasteiger partial charge in [0.15, 0.2) is 0 Å². The van der Waals surface area contributed by atoms with Gasteiger partial charge in [-0.25, -0.2) is 4.99 Å². The number of nitrogen functional groups attached to an aromatic ring is 1. The normalized spacial score (nSPS) is 20.0. The third-order valence-corrected chi connectivity index (χ3v) is 5.01. The summed E-state index contributed by atoms with van der Waals surface area (Å²) in [5.41, 5.74) is 14.2. The average Bonchev–Trinajstić information content (AvgIpc) is 2.84. The molecule has 1 unspecified atom stereocenters. The van der Waals surface area contributed by atoms with Crippen molar-refractivity contribution in [2.45, 2.75) is 6.04 Å². The van der Waals surface area contributed by atoms with Crippen LogP contribution in [0.3, 0.4) is 0 Å². The molecule has 3 N–H and O–H groups in total. The topological polar surface area (TPSA) is 43.2 Å². The number of benzene rings is 2. The average molecular weight is 351 g/mol. The molecule has 22 heavy (non-hydrogen) atoms. The zero-order valence-electron chi connectivity index (χ0n) is 11.7. The lowest BCUT2D eigenvalue weighted by molar-refractivity contribution is -0.355. The zero-order valence-corrected chi connectivity index (χ0v) is 13.3. The SMILES string of the molecule is Nc1cccc2c1N1c3ccc(Br)cc3C3=CC=CC(=[NH+]2)C31. The molecule has 0 radical (unpaired) electrons. The van der Waals surface area contributed by atoms with Crippen LogP contribution in [0.1, 0.15) is 5.56 Å². The molecule has 0 saturated heterocycles. The summed E-state index contributed by atoms with van der Waals surface area (Å²) in [6.07, 6.45) is 6.46. The van der Waals surface area contributed by atoms with E-state index in [1.807, 2.05) is 12.1 Å². The Morgan fingerprint density at radius 3 is 3.00 bits per heavy atom. The van der Waals surface area contributed by atoms with Crippen molar-refractivity contribution in [3.63, 3.8) is 0 Å². The third-order valence-electron chi connectivity index (χ3n) is 4.52. The highest BCUT2D eigenvalue weighted by atomic mass is 79.9. The molecule has 0 saturated carbocycles. The van der Waals surface area contributed by atoms with E-state index in [1.54, 1.807) is 0 Å². The molecule has 5 rings (SSSR count). The standard InChI is InChI=1S/C18H12BrN3/c19-10-7-8-16-12(9-10)11-3-1-5-14-17(11)22(16)18-13(20)4-2-6-15(18)21-14/h1-9,17H,20H2/p+1. The molecule has 1 aliphatic carbocycles. The van der Waals surface area contributed by atoms with E-state index in [0.29, 0.717) is 0 Å². The maximum Gasteiger partial charge on any atom is 0.229 e. The van der Waals surface area contributed by atoms with Gasteiger partial charge >= 0.3 is 0 Å². The predicted octanol–water partition coefficient (Wildman–Crippen LogP) is 2.67. The van der Waals surface area contributed by atoms with Crippen molar-refractivity contribution < 1.29 is 4.99 Å². The first-order valence-electron chi connectivity index (χ1n) is 7.24. The van der Waals surface area contributed by atoms with E-state index in [0.717, 1.165) is 21.5 Å². The fourth-order valence-electron chi connectivity index (χ4n) is 3.66. The Bertz CT molecular complexity index is 924. The monoisotopic (exact) mass is 350 g/mol. The summed E-state index contributed by atoms with van der Waals surface area (Å²) in [7, 11) is 0. The van der Waals surface area contributed by atoms with Gasteiger partial charge in [-0.1, -0.05) is 34.1 Å². The Balaban J connectivity index is 1.90. The van der Waals surface area contributed by atoms with Gasteiger partial charge < -0.3 is 10.6 Å². The van der Waals surface area contributed by atoms with Crippen LogP contribution in [0.4, 0.5) is 22.7 Å². The van der Waals surface area contributed by atoms with E-state index in [4.69, 9.17) is 5.73 Å². The fraction of sp³-hybridized carbons (Fsp3) is 0.0556. The number of fused-ring (bicyclic) bond motifs is 5. The summed E-state index contributed by atoms with van der Waals surface area (Å²) in [5, 5.41) is 0. The van der Waals surface area contributed by atoms with Crippen LogP contribution >= 0.6 is 15.9 Å². The maximum atomic E-state index is 6.30. The number of anilines is 3. The van der Waals surface area contributed by atoms with Gasteiger partial charge in [-0.2, -0.15) is 0 Å². The van der Waals surface area contributed by atoms with Crippen LogP contribution in [0, 0.1) is 0 Å². The second-order valence-electron chi connectivity index (χ2n) is 5.74. The van der Waals surface area contributed by atoms with Crippen molar-refractivity contribution in [3.8, 4) is 0 Å². The fourth-order valence-corrected chi connectivity index (χ4v) is 4.02. The van der Waals surface area contributed by atoms with Crippen LogP contribution < -0.4 is 15.6 Å². The van der Waals surface area contributed by atoms with Crippen molar-refractivity contribution in [2.75, 3.05) is 10.6 Å². The minimum absolute atomic E-state index is 0.187. The van der Waals surface area contributed by atoms with Crippen molar-refractivity contribution in [1.29, 1.82) is 0 Å². The van der Waals surface area contributed by atoms with Crippen LogP contribution in [-0.4, -0.2) is 11.8 Å². The molecule has 2 aromatic carbocycles. The number of nitrogens with zero attached hydrogens (tertiary/aromatic N) is 1. The van der Waals surface area contributed by atoms with Gasteiger partial charge in [-0.05, 0) is 29.8 Å². The van der Waals surface area contributed by atoms with Crippen LogP contribution in [-0.2, 0) is 0 Å². The number of hydrogen-bond acceptors (Lipinski definition) is 2. The van der Waals surface area contributed by atoms with E-state index in [9.17, 15) is 0 Å². The first-order valence-corrected chi connectivity index (χ1v) is 8.03. The van der Waals surface area contributed by atoms with Crippen molar-refractivity contribution in [3.05, 3.63) is 64.7 Å². The molecule has 2 aromatic rings. The molecule has 3 aliphatic rings. The maximum absolute atomic E-state index is 6.30. The van der Waals surface area contributed by atoms with E-state index >= 15 is 0 Å². The molecular formula is C18H13BrN3+. The van der Waals surface area contributed by atoms with Crippen LogP contribution in [0.15, 0.2) is 59.1 Å². The largest absolute Gasteiger partial charge is 0.397 e.